The zero-order valence-electron chi connectivity index (χ0n) is 9.51. The van der Waals surface area contributed by atoms with Crippen LogP contribution in [-0.4, -0.2) is 34.0 Å². The van der Waals surface area contributed by atoms with Crippen LogP contribution in [0.3, 0.4) is 0 Å². The van der Waals surface area contributed by atoms with Crippen molar-refractivity contribution in [2.24, 2.45) is 0 Å². The lowest BCUT2D eigenvalue weighted by Crippen LogP contribution is -2.34. The van der Waals surface area contributed by atoms with Crippen molar-refractivity contribution >= 4 is 34.2 Å². The Labute approximate surface area is 110 Å². The minimum atomic E-state index is -0.0689. The number of ether oxygens (including phenoxy) is 1. The standard InChI is InChI=1S/C12H13NO2S2/c1-9-2-4-10(5-3-9)15-8-11(14)13-6-7-17-12(13)16/h2-5H,6-8H2,1H3. The van der Waals surface area contributed by atoms with Crippen LogP contribution in [0.5, 0.6) is 5.75 Å². The Kier molecular flexibility index (Phi) is 4.02. The van der Waals surface area contributed by atoms with E-state index in [0.29, 0.717) is 16.6 Å². The number of rotatable bonds is 3. The highest BCUT2D eigenvalue weighted by Gasteiger charge is 2.24. The van der Waals surface area contributed by atoms with Crippen molar-refractivity contribution in [2.45, 2.75) is 6.92 Å². The van der Waals surface area contributed by atoms with Crippen LogP contribution in [0.15, 0.2) is 24.3 Å². The Morgan fingerprint density at radius 3 is 2.76 bits per heavy atom. The molecule has 1 aliphatic heterocycles. The molecule has 0 spiro atoms. The third kappa shape index (κ3) is 3.20. The van der Waals surface area contributed by atoms with Crippen molar-refractivity contribution in [2.75, 3.05) is 18.9 Å². The second-order valence-corrected chi connectivity index (χ2v) is 5.49. The summed E-state index contributed by atoms with van der Waals surface area (Å²) in [6, 6.07) is 7.63. The number of nitrogens with zero attached hydrogens (tertiary/aromatic N) is 1. The van der Waals surface area contributed by atoms with Gasteiger partial charge in [-0.25, -0.2) is 0 Å². The van der Waals surface area contributed by atoms with E-state index < -0.39 is 0 Å². The summed E-state index contributed by atoms with van der Waals surface area (Å²) in [6.45, 7) is 2.75. The summed E-state index contributed by atoms with van der Waals surface area (Å²) in [7, 11) is 0. The van der Waals surface area contributed by atoms with E-state index in [-0.39, 0.29) is 12.5 Å². The summed E-state index contributed by atoms with van der Waals surface area (Å²) in [5.74, 6) is 1.53. The molecule has 0 aromatic heterocycles. The number of thioether (sulfide) groups is 1. The molecule has 5 heteroatoms. The number of thiocarbonyl (C=S) groups is 1. The first-order chi connectivity index (χ1) is 8.16. The fourth-order valence-electron chi connectivity index (χ4n) is 1.48. The molecule has 3 nitrogen and oxygen atoms in total. The minimum Gasteiger partial charge on any atom is -0.484 e. The molecule has 17 heavy (non-hydrogen) atoms. The maximum atomic E-state index is 11.8. The van der Waals surface area contributed by atoms with E-state index in [1.165, 1.54) is 17.3 Å². The largest absolute Gasteiger partial charge is 0.484 e. The number of hydrogen-bond donors (Lipinski definition) is 0. The molecule has 1 aliphatic rings. The number of carbonyl (C=O) groups is 1. The van der Waals surface area contributed by atoms with Gasteiger partial charge in [-0.3, -0.25) is 9.69 Å². The van der Waals surface area contributed by atoms with Gasteiger partial charge in [0.25, 0.3) is 5.91 Å². The van der Waals surface area contributed by atoms with Gasteiger partial charge in [-0.15, -0.1) is 0 Å². The van der Waals surface area contributed by atoms with Gasteiger partial charge < -0.3 is 4.74 Å². The van der Waals surface area contributed by atoms with Crippen molar-refractivity contribution < 1.29 is 9.53 Å². The first-order valence-electron chi connectivity index (χ1n) is 5.33. The molecule has 0 atom stereocenters. The Bertz CT molecular complexity index is 431. The lowest BCUT2D eigenvalue weighted by atomic mass is 10.2. The van der Waals surface area contributed by atoms with Crippen LogP contribution in [0.25, 0.3) is 0 Å². The molecule has 0 bridgehead atoms. The van der Waals surface area contributed by atoms with Gasteiger partial charge in [0.05, 0.1) is 0 Å². The van der Waals surface area contributed by atoms with Gasteiger partial charge in [0.1, 0.15) is 10.1 Å². The first-order valence-corrected chi connectivity index (χ1v) is 6.73. The number of carbonyl (C=O) groups excluding carboxylic acids is 1. The molecule has 0 N–H and O–H groups in total. The van der Waals surface area contributed by atoms with Crippen molar-refractivity contribution in [3.05, 3.63) is 29.8 Å². The third-order valence-electron chi connectivity index (χ3n) is 2.45. The SMILES string of the molecule is Cc1ccc(OCC(=O)N2CCSC2=S)cc1. The van der Waals surface area contributed by atoms with Gasteiger partial charge in [-0.2, -0.15) is 0 Å². The first kappa shape index (κ1) is 12.4. The number of amides is 1. The molecule has 0 unspecified atom stereocenters. The minimum absolute atomic E-state index is 0.0454. The van der Waals surface area contributed by atoms with Crippen molar-refractivity contribution in [1.82, 2.24) is 4.90 Å². The monoisotopic (exact) mass is 267 g/mol. The number of hydrogen-bond acceptors (Lipinski definition) is 4. The van der Waals surface area contributed by atoms with E-state index in [9.17, 15) is 4.79 Å². The predicted octanol–water partition coefficient (Wildman–Crippen LogP) is 2.23. The van der Waals surface area contributed by atoms with E-state index in [4.69, 9.17) is 17.0 Å². The molecule has 0 aliphatic carbocycles. The van der Waals surface area contributed by atoms with Crippen LogP contribution in [0, 0.1) is 6.92 Å². The zero-order valence-corrected chi connectivity index (χ0v) is 11.1. The van der Waals surface area contributed by atoms with Crippen LogP contribution in [0.2, 0.25) is 0 Å². The molecule has 1 amide bonds. The van der Waals surface area contributed by atoms with Crippen LogP contribution in [0.4, 0.5) is 0 Å². The fraction of sp³-hybridized carbons (Fsp3) is 0.333. The third-order valence-corrected chi connectivity index (χ3v) is 3.87. The molecule has 1 saturated heterocycles. The van der Waals surface area contributed by atoms with Crippen LogP contribution >= 0.6 is 24.0 Å². The fourth-order valence-corrected chi connectivity index (χ4v) is 2.72. The molecule has 90 valence electrons. The van der Waals surface area contributed by atoms with Gasteiger partial charge in [0, 0.05) is 12.3 Å². The van der Waals surface area contributed by atoms with Crippen molar-refractivity contribution in [3.63, 3.8) is 0 Å². The Hall–Kier alpha value is -1.07. The van der Waals surface area contributed by atoms with E-state index >= 15 is 0 Å². The second-order valence-electron chi connectivity index (χ2n) is 3.76. The van der Waals surface area contributed by atoms with Crippen molar-refractivity contribution in [1.29, 1.82) is 0 Å². The van der Waals surface area contributed by atoms with E-state index in [1.807, 2.05) is 31.2 Å². The summed E-state index contributed by atoms with van der Waals surface area (Å²) in [5, 5.41) is 0. The molecule has 1 aromatic carbocycles. The normalized spacial score (nSPS) is 15.1. The molecule has 0 radical (unpaired) electrons. The number of aryl methyl sites for hydroxylation is 1. The Balaban J connectivity index is 1.87. The quantitative estimate of drug-likeness (QED) is 0.786. The maximum absolute atomic E-state index is 11.8. The Morgan fingerprint density at radius 2 is 2.18 bits per heavy atom. The molecular formula is C12H13NO2S2. The average Bonchev–Trinajstić information content (AvgIpc) is 2.74. The van der Waals surface area contributed by atoms with Crippen LogP contribution in [0.1, 0.15) is 5.56 Å². The summed E-state index contributed by atoms with van der Waals surface area (Å²) < 4.78 is 6.08. The number of benzene rings is 1. The highest BCUT2D eigenvalue weighted by molar-refractivity contribution is 8.23. The van der Waals surface area contributed by atoms with Crippen LogP contribution < -0.4 is 4.74 Å². The summed E-state index contributed by atoms with van der Waals surface area (Å²) in [6.07, 6.45) is 0. The average molecular weight is 267 g/mol. The van der Waals surface area contributed by atoms with Gasteiger partial charge in [0.15, 0.2) is 6.61 Å². The topological polar surface area (TPSA) is 29.5 Å². The maximum Gasteiger partial charge on any atom is 0.265 e. The van der Waals surface area contributed by atoms with Crippen LogP contribution in [-0.2, 0) is 4.79 Å². The summed E-state index contributed by atoms with van der Waals surface area (Å²) >= 11 is 6.62. The molecule has 1 fully saturated rings. The van der Waals surface area contributed by atoms with Gasteiger partial charge in [0.2, 0.25) is 0 Å². The summed E-state index contributed by atoms with van der Waals surface area (Å²) in [4.78, 5) is 13.4. The van der Waals surface area contributed by atoms with Crippen molar-refractivity contribution in [3.8, 4) is 5.75 Å². The zero-order chi connectivity index (χ0) is 12.3. The molecule has 2 rings (SSSR count). The van der Waals surface area contributed by atoms with Gasteiger partial charge >= 0.3 is 0 Å². The van der Waals surface area contributed by atoms with E-state index in [2.05, 4.69) is 0 Å². The lowest BCUT2D eigenvalue weighted by molar-refractivity contribution is -0.128. The van der Waals surface area contributed by atoms with E-state index in [1.54, 1.807) is 4.90 Å². The van der Waals surface area contributed by atoms with Gasteiger partial charge in [-0.1, -0.05) is 41.7 Å². The smallest absolute Gasteiger partial charge is 0.265 e. The predicted molar refractivity (Wildman–Crippen MR) is 73.4 cm³/mol. The highest BCUT2D eigenvalue weighted by atomic mass is 32.2. The second kappa shape index (κ2) is 5.51. The highest BCUT2D eigenvalue weighted by Crippen LogP contribution is 2.18. The Morgan fingerprint density at radius 1 is 1.47 bits per heavy atom. The summed E-state index contributed by atoms with van der Waals surface area (Å²) in [5.41, 5.74) is 1.17. The van der Waals surface area contributed by atoms with E-state index in [0.717, 1.165) is 5.75 Å². The molecule has 1 aromatic rings. The lowest BCUT2D eigenvalue weighted by Gasteiger charge is -2.15. The van der Waals surface area contributed by atoms with Gasteiger partial charge in [-0.05, 0) is 19.1 Å². The molecular weight excluding hydrogens is 254 g/mol. The molecule has 0 saturated carbocycles. The molecule has 1 heterocycles.